The molecule has 0 unspecified atom stereocenters. The highest BCUT2D eigenvalue weighted by atomic mass is 16.2. The minimum Gasteiger partial charge on any atom is -0.370 e. The molecule has 4 N–H and O–H groups in total. The van der Waals surface area contributed by atoms with E-state index in [0.717, 1.165) is 48.8 Å². The number of aryl methyl sites for hydroxylation is 2. The number of nitrogens with two attached hydrogens (primary N) is 1. The number of nitrogens with one attached hydrogen (secondary N) is 2. The SMILES string of the molecule is CCC[C@@H](CCCCNc1ncc(C#N)c(-c2cnn(CCC(N)=O)c2)n1)N(C(=O)NCc1ccccc1)c1ccc(-c2cnn(C)c2)cn1. The molecule has 1 atom stereocenters. The number of carbonyl (C=O) groups excluding carboxylic acids is 2. The molecular weight excluding hydrogens is 632 g/mol. The van der Waals surface area contributed by atoms with Gasteiger partial charge < -0.3 is 16.4 Å². The number of carbonyl (C=O) groups is 2. The lowest BCUT2D eigenvalue weighted by Gasteiger charge is -2.31. The molecule has 1 aromatic carbocycles. The summed E-state index contributed by atoms with van der Waals surface area (Å²) >= 11 is 0. The van der Waals surface area contributed by atoms with E-state index in [2.05, 4.69) is 43.8 Å². The van der Waals surface area contributed by atoms with Gasteiger partial charge >= 0.3 is 6.03 Å². The Balaban J connectivity index is 1.24. The lowest BCUT2D eigenvalue weighted by Crippen LogP contribution is -2.46. The molecule has 4 heterocycles. The van der Waals surface area contributed by atoms with E-state index in [-0.39, 0.29) is 18.5 Å². The van der Waals surface area contributed by atoms with Crippen LogP contribution in [0.4, 0.5) is 16.6 Å². The number of aromatic nitrogens is 7. The van der Waals surface area contributed by atoms with E-state index in [1.165, 1.54) is 6.20 Å². The fraction of sp³-hybridized carbons (Fsp3) is 0.333. The minimum absolute atomic E-state index is 0.0728. The van der Waals surface area contributed by atoms with Gasteiger partial charge in [0.05, 0.1) is 29.8 Å². The number of hydrogen-bond donors (Lipinski definition) is 3. The van der Waals surface area contributed by atoms with Crippen molar-refractivity contribution < 1.29 is 9.59 Å². The van der Waals surface area contributed by atoms with Crippen molar-refractivity contribution in [2.45, 2.75) is 64.6 Å². The summed E-state index contributed by atoms with van der Waals surface area (Å²) in [5.41, 5.74) is 9.58. The van der Waals surface area contributed by atoms with Crippen LogP contribution in [-0.4, -0.2) is 59.0 Å². The number of hydrogen-bond acceptors (Lipinski definition) is 9. The number of anilines is 2. The number of pyridine rings is 1. The Morgan fingerprint density at radius 2 is 1.78 bits per heavy atom. The largest absolute Gasteiger partial charge is 0.370 e. The number of amides is 3. The molecule has 0 radical (unpaired) electrons. The molecule has 4 aromatic heterocycles. The summed E-state index contributed by atoms with van der Waals surface area (Å²) in [7, 11) is 1.87. The lowest BCUT2D eigenvalue weighted by molar-refractivity contribution is -0.118. The standard InChI is InChI=1S/C36H42N12O2/c1-3-9-31(12-7-8-16-39-35-41-21-28(18-37)34(45-35)30-23-44-47(25-30)17-15-32(38)49)48(36(50)42-19-26-10-5-4-6-11-26)33-14-13-27(20-40-33)29-22-43-46(2)24-29/h4-6,10-11,13-14,20-25,31H,3,7-9,12,15-17,19H2,1-2H3,(H2,38,49)(H,42,50)(H,39,41,45)/t31-/m0/s1. The van der Waals surface area contributed by atoms with Gasteiger partial charge in [0, 0.05) is 74.4 Å². The summed E-state index contributed by atoms with van der Waals surface area (Å²) in [6.07, 6.45) is 14.6. The second-order valence-corrected chi connectivity index (χ2v) is 12.0. The fourth-order valence-electron chi connectivity index (χ4n) is 5.63. The topological polar surface area (TPSA) is 186 Å². The molecule has 0 aliphatic heterocycles. The molecule has 14 nitrogen and oxygen atoms in total. The Labute approximate surface area is 291 Å². The van der Waals surface area contributed by atoms with E-state index >= 15 is 0 Å². The molecule has 0 saturated heterocycles. The molecule has 14 heteroatoms. The van der Waals surface area contributed by atoms with Gasteiger partial charge in [-0.3, -0.25) is 19.1 Å². The Morgan fingerprint density at radius 3 is 2.48 bits per heavy atom. The van der Waals surface area contributed by atoms with Crippen LogP contribution in [0, 0.1) is 11.3 Å². The number of benzene rings is 1. The number of nitrogens with zero attached hydrogens (tertiary/aromatic N) is 9. The average Bonchev–Trinajstić information content (AvgIpc) is 3.80. The predicted octanol–water partition coefficient (Wildman–Crippen LogP) is 5.05. The van der Waals surface area contributed by atoms with Gasteiger partial charge in [0.2, 0.25) is 11.9 Å². The van der Waals surface area contributed by atoms with Crippen molar-refractivity contribution >= 4 is 23.7 Å². The van der Waals surface area contributed by atoms with Gasteiger partial charge in [0.1, 0.15) is 11.9 Å². The third-order valence-corrected chi connectivity index (χ3v) is 8.18. The molecule has 258 valence electrons. The number of primary amides is 1. The summed E-state index contributed by atoms with van der Waals surface area (Å²) in [5, 5.41) is 24.5. The zero-order chi connectivity index (χ0) is 35.3. The van der Waals surface area contributed by atoms with Gasteiger partial charge in [-0.1, -0.05) is 43.7 Å². The van der Waals surface area contributed by atoms with Crippen molar-refractivity contribution in [3.05, 3.63) is 90.8 Å². The second-order valence-electron chi connectivity index (χ2n) is 12.0. The number of urea groups is 1. The monoisotopic (exact) mass is 674 g/mol. The van der Waals surface area contributed by atoms with Gasteiger partial charge in [0.15, 0.2) is 0 Å². The van der Waals surface area contributed by atoms with Crippen LogP contribution in [0.2, 0.25) is 0 Å². The summed E-state index contributed by atoms with van der Waals surface area (Å²) in [5.74, 6) is 0.575. The number of nitriles is 1. The molecule has 0 aliphatic carbocycles. The van der Waals surface area contributed by atoms with E-state index in [9.17, 15) is 14.9 Å². The van der Waals surface area contributed by atoms with Crippen molar-refractivity contribution in [1.82, 2.24) is 39.8 Å². The van der Waals surface area contributed by atoms with Gasteiger partial charge in [0.25, 0.3) is 0 Å². The van der Waals surface area contributed by atoms with Crippen LogP contribution in [0.15, 0.2) is 79.6 Å². The maximum Gasteiger partial charge on any atom is 0.323 e. The van der Waals surface area contributed by atoms with E-state index in [0.29, 0.717) is 48.2 Å². The van der Waals surface area contributed by atoms with Crippen LogP contribution < -0.4 is 21.3 Å². The average molecular weight is 675 g/mol. The number of rotatable bonds is 17. The first-order chi connectivity index (χ1) is 24.3. The molecule has 0 spiro atoms. The summed E-state index contributed by atoms with van der Waals surface area (Å²) < 4.78 is 3.34. The second kappa shape index (κ2) is 17.3. The summed E-state index contributed by atoms with van der Waals surface area (Å²) in [6.45, 7) is 3.47. The van der Waals surface area contributed by atoms with Crippen molar-refractivity contribution in [1.29, 1.82) is 5.26 Å². The van der Waals surface area contributed by atoms with Crippen molar-refractivity contribution in [2.75, 3.05) is 16.8 Å². The zero-order valence-corrected chi connectivity index (χ0v) is 28.4. The molecule has 0 aliphatic rings. The molecule has 0 saturated carbocycles. The highest BCUT2D eigenvalue weighted by molar-refractivity contribution is 5.91. The Hall–Kier alpha value is -6.10. The first kappa shape index (κ1) is 35.2. The highest BCUT2D eigenvalue weighted by Crippen LogP contribution is 2.26. The molecule has 5 rings (SSSR count). The van der Waals surface area contributed by atoms with Crippen LogP contribution in [0.3, 0.4) is 0 Å². The van der Waals surface area contributed by atoms with Gasteiger partial charge in [-0.05, 0) is 43.4 Å². The van der Waals surface area contributed by atoms with E-state index in [4.69, 9.17) is 10.7 Å². The maximum absolute atomic E-state index is 13.8. The first-order valence-corrected chi connectivity index (χ1v) is 16.7. The van der Waals surface area contributed by atoms with Crippen LogP contribution >= 0.6 is 0 Å². The van der Waals surface area contributed by atoms with Crippen LogP contribution in [0.5, 0.6) is 0 Å². The molecule has 50 heavy (non-hydrogen) atoms. The first-order valence-electron chi connectivity index (χ1n) is 16.7. The lowest BCUT2D eigenvalue weighted by atomic mass is 10.0. The third kappa shape index (κ3) is 9.50. The van der Waals surface area contributed by atoms with Gasteiger partial charge in [-0.15, -0.1) is 0 Å². The highest BCUT2D eigenvalue weighted by Gasteiger charge is 2.26. The smallest absolute Gasteiger partial charge is 0.323 e. The Bertz CT molecular complexity index is 1900. The summed E-state index contributed by atoms with van der Waals surface area (Å²) in [4.78, 5) is 40.4. The fourth-order valence-corrected chi connectivity index (χ4v) is 5.63. The van der Waals surface area contributed by atoms with E-state index in [1.807, 2.05) is 55.7 Å². The van der Waals surface area contributed by atoms with Gasteiger partial charge in [-0.2, -0.15) is 15.5 Å². The van der Waals surface area contributed by atoms with Crippen molar-refractivity contribution in [3.63, 3.8) is 0 Å². The Morgan fingerprint density at radius 1 is 0.960 bits per heavy atom. The Kier molecular flexibility index (Phi) is 12.2. The molecule has 5 aromatic rings. The van der Waals surface area contributed by atoms with Crippen molar-refractivity contribution in [3.8, 4) is 28.5 Å². The molecule has 3 amide bonds. The predicted molar refractivity (Wildman–Crippen MR) is 190 cm³/mol. The van der Waals surface area contributed by atoms with E-state index < -0.39 is 5.91 Å². The third-order valence-electron chi connectivity index (χ3n) is 8.18. The normalized spacial score (nSPS) is 11.5. The number of unbranched alkanes of at least 4 members (excludes halogenated alkanes) is 1. The van der Waals surface area contributed by atoms with Crippen LogP contribution in [-0.2, 0) is 24.9 Å². The minimum atomic E-state index is -0.416. The van der Waals surface area contributed by atoms with Gasteiger partial charge in [-0.25, -0.2) is 19.7 Å². The van der Waals surface area contributed by atoms with Crippen molar-refractivity contribution in [2.24, 2.45) is 12.8 Å². The van der Waals surface area contributed by atoms with Crippen LogP contribution in [0.25, 0.3) is 22.4 Å². The van der Waals surface area contributed by atoms with E-state index in [1.54, 1.807) is 39.1 Å². The molecule has 0 bridgehead atoms. The molecule has 0 fully saturated rings. The van der Waals surface area contributed by atoms with Crippen LogP contribution in [0.1, 0.15) is 56.6 Å². The summed E-state index contributed by atoms with van der Waals surface area (Å²) in [6, 6.07) is 15.6. The maximum atomic E-state index is 13.8. The quantitative estimate of drug-likeness (QED) is 0.114. The molecular formula is C36H42N12O2. The zero-order valence-electron chi connectivity index (χ0n) is 28.4.